The van der Waals surface area contributed by atoms with E-state index < -0.39 is 0 Å². The van der Waals surface area contributed by atoms with Gasteiger partial charge >= 0.3 is 0 Å². The molecule has 2 N–H and O–H groups in total. The van der Waals surface area contributed by atoms with E-state index in [1.165, 1.54) is 4.88 Å². The summed E-state index contributed by atoms with van der Waals surface area (Å²) in [6.07, 6.45) is 4.96. The molecule has 2 aromatic heterocycles. The second kappa shape index (κ2) is 8.28. The fourth-order valence-corrected chi connectivity index (χ4v) is 6.45. The summed E-state index contributed by atoms with van der Waals surface area (Å²) < 4.78 is 1.14. The third kappa shape index (κ3) is 4.21. The van der Waals surface area contributed by atoms with Gasteiger partial charge in [-0.25, -0.2) is 4.98 Å². The second-order valence-corrected chi connectivity index (χ2v) is 11.2. The van der Waals surface area contributed by atoms with Crippen molar-refractivity contribution in [3.63, 3.8) is 0 Å². The number of amides is 1. The van der Waals surface area contributed by atoms with Crippen molar-refractivity contribution in [2.45, 2.75) is 50.7 Å². The van der Waals surface area contributed by atoms with Crippen LogP contribution in [0.5, 0.6) is 0 Å². The Bertz CT molecular complexity index is 1110. The average molecular weight is 454 g/mol. The number of carbonyl (C=O) groups excluding carboxylic acids is 2. The van der Waals surface area contributed by atoms with Gasteiger partial charge in [0.25, 0.3) is 5.91 Å². The summed E-state index contributed by atoms with van der Waals surface area (Å²) in [4.78, 5) is 32.3. The van der Waals surface area contributed by atoms with Crippen molar-refractivity contribution >= 4 is 40.6 Å². The van der Waals surface area contributed by atoms with Crippen LogP contribution in [0.2, 0.25) is 0 Å². The largest absolute Gasteiger partial charge is 0.362 e. The van der Waals surface area contributed by atoms with E-state index in [2.05, 4.69) is 42.5 Å². The number of pyridine rings is 1. The predicted molar refractivity (Wildman–Crippen MR) is 127 cm³/mol. The van der Waals surface area contributed by atoms with Crippen LogP contribution in [-0.4, -0.2) is 22.9 Å². The number of dihydropyridines is 1. The molecule has 1 amide bonds. The van der Waals surface area contributed by atoms with Gasteiger partial charge in [0.2, 0.25) is 0 Å². The summed E-state index contributed by atoms with van der Waals surface area (Å²) in [5, 5.41) is 6.35. The minimum absolute atomic E-state index is 0.103. The molecule has 2 aliphatic rings. The molecule has 31 heavy (non-hydrogen) atoms. The van der Waals surface area contributed by atoms with Crippen LogP contribution < -0.4 is 10.6 Å². The zero-order chi connectivity index (χ0) is 22.3. The molecule has 0 bridgehead atoms. The van der Waals surface area contributed by atoms with Crippen LogP contribution in [-0.2, 0) is 9.59 Å². The molecule has 7 heteroatoms. The lowest BCUT2D eigenvalue weighted by molar-refractivity contribution is -0.118. The maximum absolute atomic E-state index is 13.5. The molecular weight excluding hydrogens is 426 g/mol. The number of hydrogen-bond donors (Lipinski definition) is 2. The van der Waals surface area contributed by atoms with E-state index in [9.17, 15) is 9.59 Å². The lowest BCUT2D eigenvalue weighted by atomic mass is 9.69. The van der Waals surface area contributed by atoms with Gasteiger partial charge in [0.15, 0.2) is 5.78 Å². The second-order valence-electron chi connectivity index (χ2n) is 8.90. The average Bonchev–Trinajstić information content (AvgIpc) is 3.07. The molecule has 1 aliphatic heterocycles. The zero-order valence-corrected chi connectivity index (χ0v) is 20.1. The fraction of sp³-hybridized carbons (Fsp3) is 0.375. The van der Waals surface area contributed by atoms with E-state index in [-0.39, 0.29) is 23.0 Å². The van der Waals surface area contributed by atoms with Crippen molar-refractivity contribution in [3.8, 4) is 0 Å². The number of aryl methyl sites for hydroxylation is 1. The summed E-state index contributed by atoms with van der Waals surface area (Å²) in [7, 11) is 0. The maximum atomic E-state index is 13.5. The minimum Gasteiger partial charge on any atom is -0.362 e. The maximum Gasteiger partial charge on any atom is 0.255 e. The van der Waals surface area contributed by atoms with Gasteiger partial charge in [0.1, 0.15) is 5.82 Å². The summed E-state index contributed by atoms with van der Waals surface area (Å²) in [6, 6.07) is 7.54. The van der Waals surface area contributed by atoms with Crippen LogP contribution in [0.25, 0.3) is 0 Å². The van der Waals surface area contributed by atoms with E-state index in [0.29, 0.717) is 17.8 Å². The number of nitrogens with one attached hydrogen (secondary N) is 2. The minimum atomic E-state index is -0.379. The molecule has 0 saturated heterocycles. The van der Waals surface area contributed by atoms with Gasteiger partial charge < -0.3 is 10.6 Å². The smallest absolute Gasteiger partial charge is 0.255 e. The zero-order valence-electron chi connectivity index (χ0n) is 18.5. The van der Waals surface area contributed by atoms with Gasteiger partial charge in [-0.15, -0.1) is 23.1 Å². The van der Waals surface area contributed by atoms with E-state index in [4.69, 9.17) is 0 Å². The molecule has 0 fully saturated rings. The summed E-state index contributed by atoms with van der Waals surface area (Å²) in [6.45, 7) is 8.24. The van der Waals surface area contributed by atoms with Crippen molar-refractivity contribution in [2.75, 3.05) is 11.6 Å². The van der Waals surface area contributed by atoms with Gasteiger partial charge in [-0.2, -0.15) is 0 Å². The Kier molecular flexibility index (Phi) is 5.83. The number of rotatable bonds is 4. The molecule has 0 saturated carbocycles. The van der Waals surface area contributed by atoms with Crippen LogP contribution in [0.1, 0.15) is 50.0 Å². The third-order valence-electron chi connectivity index (χ3n) is 5.74. The number of nitrogens with zero attached hydrogens (tertiary/aromatic N) is 1. The predicted octanol–water partition coefficient (Wildman–Crippen LogP) is 5.42. The molecule has 162 valence electrons. The number of allylic oxidation sites excluding steroid dienone is 3. The number of Topliss-reactive ketones (excluding diaryl/α,β-unsaturated/α-hetero) is 1. The van der Waals surface area contributed by atoms with Gasteiger partial charge in [-0.3, -0.25) is 9.59 Å². The highest BCUT2D eigenvalue weighted by Crippen LogP contribution is 2.49. The topological polar surface area (TPSA) is 71.1 Å². The lowest BCUT2D eigenvalue weighted by Gasteiger charge is -2.39. The molecule has 1 atom stereocenters. The van der Waals surface area contributed by atoms with Crippen molar-refractivity contribution in [1.82, 2.24) is 10.3 Å². The van der Waals surface area contributed by atoms with Crippen molar-refractivity contribution in [3.05, 3.63) is 63.4 Å². The van der Waals surface area contributed by atoms with E-state index in [1.54, 1.807) is 35.4 Å². The molecule has 0 spiro atoms. The quantitative estimate of drug-likeness (QED) is 0.605. The van der Waals surface area contributed by atoms with Crippen molar-refractivity contribution in [2.24, 2.45) is 5.41 Å². The van der Waals surface area contributed by atoms with Crippen LogP contribution in [0.3, 0.4) is 0 Å². The number of aromatic nitrogens is 1. The highest BCUT2D eigenvalue weighted by Gasteiger charge is 2.43. The Morgan fingerprint density at radius 2 is 2.06 bits per heavy atom. The molecule has 0 unspecified atom stereocenters. The van der Waals surface area contributed by atoms with Gasteiger partial charge in [0.05, 0.1) is 4.21 Å². The van der Waals surface area contributed by atoms with Crippen molar-refractivity contribution < 1.29 is 9.59 Å². The SMILES string of the molecule is CSc1sc(C)cc1[C@@H]1C(C(=O)Nc2ccccn2)=C(C)NC2=C1C(=O)CC(C)(C)C2. The van der Waals surface area contributed by atoms with Crippen LogP contribution in [0.15, 0.2) is 57.2 Å². The number of hydrogen-bond acceptors (Lipinski definition) is 6. The monoisotopic (exact) mass is 453 g/mol. The van der Waals surface area contributed by atoms with E-state index in [1.807, 2.05) is 25.3 Å². The molecule has 5 nitrogen and oxygen atoms in total. The number of thiophene rings is 1. The Balaban J connectivity index is 1.85. The van der Waals surface area contributed by atoms with E-state index in [0.717, 1.165) is 33.2 Å². The first-order valence-electron chi connectivity index (χ1n) is 10.3. The summed E-state index contributed by atoms with van der Waals surface area (Å²) in [5.41, 5.74) is 4.01. The van der Waals surface area contributed by atoms with Crippen molar-refractivity contribution in [1.29, 1.82) is 0 Å². The first-order chi connectivity index (χ1) is 14.7. The van der Waals surface area contributed by atoms with Crippen LogP contribution in [0.4, 0.5) is 5.82 Å². The summed E-state index contributed by atoms with van der Waals surface area (Å²) in [5.74, 6) is 0.00839. The van der Waals surface area contributed by atoms with E-state index >= 15 is 0 Å². The standard InChI is InChI=1S/C24H27N3O2S2/c1-13-10-15(23(30-5)31-13)20-19(22(29)27-18-8-6-7-9-25-18)14(2)26-16-11-24(3,4)12-17(28)21(16)20/h6-10,20,26H,11-12H2,1-5H3,(H,25,27,29)/t20-/m1/s1. The molecule has 0 aromatic carbocycles. The fourth-order valence-electron chi connectivity index (χ4n) is 4.54. The highest BCUT2D eigenvalue weighted by atomic mass is 32.2. The number of carbonyl (C=O) groups is 2. The molecule has 2 aromatic rings. The molecular formula is C24H27N3O2S2. The Labute approximate surface area is 191 Å². The number of thioether (sulfide) groups is 1. The van der Waals surface area contributed by atoms with Gasteiger partial charge in [0, 0.05) is 46.0 Å². The Morgan fingerprint density at radius 3 is 2.74 bits per heavy atom. The van der Waals surface area contributed by atoms with Crippen LogP contribution >= 0.6 is 23.1 Å². The normalized spacial score (nSPS) is 20.4. The summed E-state index contributed by atoms with van der Waals surface area (Å²) >= 11 is 3.38. The molecule has 0 radical (unpaired) electrons. The molecule has 4 rings (SSSR count). The number of anilines is 1. The number of ketones is 1. The Morgan fingerprint density at radius 1 is 1.29 bits per heavy atom. The Hall–Kier alpha value is -2.38. The van der Waals surface area contributed by atoms with Crippen LogP contribution in [0, 0.1) is 12.3 Å². The first kappa shape index (κ1) is 21.8. The third-order valence-corrected chi connectivity index (χ3v) is 7.95. The molecule has 1 aliphatic carbocycles. The lowest BCUT2D eigenvalue weighted by Crippen LogP contribution is -2.39. The highest BCUT2D eigenvalue weighted by molar-refractivity contribution is 8.00. The van der Waals surface area contributed by atoms with Gasteiger partial charge in [-0.1, -0.05) is 19.9 Å². The molecule has 3 heterocycles. The van der Waals surface area contributed by atoms with Gasteiger partial charge in [-0.05, 0) is 55.7 Å². The first-order valence-corrected chi connectivity index (χ1v) is 12.3.